The van der Waals surface area contributed by atoms with Gasteiger partial charge in [0.2, 0.25) is 11.8 Å². The summed E-state index contributed by atoms with van der Waals surface area (Å²) < 4.78 is 0. The van der Waals surface area contributed by atoms with Crippen molar-refractivity contribution in [2.24, 2.45) is 0 Å². The van der Waals surface area contributed by atoms with E-state index in [0.29, 0.717) is 38.8 Å². The predicted molar refractivity (Wildman–Crippen MR) is 72.7 cm³/mol. The largest absolute Gasteiger partial charge is 0.339 e. The van der Waals surface area contributed by atoms with Crippen LogP contribution in [0.2, 0.25) is 0 Å². The molecular weight excluding hydrogens is 244 g/mol. The fraction of sp³-hybridized carbons (Fsp3) is 0.846. The van der Waals surface area contributed by atoms with Crippen molar-refractivity contribution < 1.29 is 9.59 Å². The maximum Gasteiger partial charge on any atom is 0.236 e. The highest BCUT2D eigenvalue weighted by molar-refractivity contribution is 5.79. The fourth-order valence-corrected chi connectivity index (χ4v) is 2.77. The Morgan fingerprint density at radius 2 is 1.74 bits per heavy atom. The number of carbonyl (C=O) groups excluding carboxylic acids is 2. The lowest BCUT2D eigenvalue weighted by atomic mass is 10.3. The molecule has 0 aromatic heterocycles. The first-order chi connectivity index (χ1) is 9.10. The van der Waals surface area contributed by atoms with Gasteiger partial charge in [-0.2, -0.15) is 0 Å². The van der Waals surface area contributed by atoms with Crippen LogP contribution < -0.4 is 5.32 Å². The van der Waals surface area contributed by atoms with E-state index in [0.717, 1.165) is 19.5 Å². The topological polar surface area (TPSA) is 55.9 Å². The quantitative estimate of drug-likeness (QED) is 0.711. The summed E-state index contributed by atoms with van der Waals surface area (Å²) in [5.41, 5.74) is 0. The minimum atomic E-state index is 0.100. The molecular formula is C13H24N4O2. The zero-order valence-corrected chi connectivity index (χ0v) is 11.9. The Morgan fingerprint density at radius 3 is 2.26 bits per heavy atom. The monoisotopic (exact) mass is 268 g/mol. The molecule has 0 spiro atoms. The van der Waals surface area contributed by atoms with E-state index in [2.05, 4.69) is 10.2 Å². The van der Waals surface area contributed by atoms with Gasteiger partial charge in [0.1, 0.15) is 0 Å². The number of likely N-dealkylation sites (tertiary alicyclic amines) is 1. The molecule has 19 heavy (non-hydrogen) atoms. The number of nitrogens with zero attached hydrogens (tertiary/aromatic N) is 3. The average molecular weight is 268 g/mol. The Bertz CT molecular complexity index is 340. The molecule has 0 radical (unpaired) electrons. The van der Waals surface area contributed by atoms with Crippen LogP contribution in [0.4, 0.5) is 0 Å². The van der Waals surface area contributed by atoms with Gasteiger partial charge in [0.05, 0.1) is 6.54 Å². The molecule has 0 bridgehead atoms. The molecule has 108 valence electrons. The Hall–Kier alpha value is -1.14. The second kappa shape index (κ2) is 6.34. The van der Waals surface area contributed by atoms with Crippen LogP contribution in [-0.4, -0.2) is 85.4 Å². The first-order valence-electron chi connectivity index (χ1n) is 7.03. The lowest BCUT2D eigenvalue weighted by molar-refractivity contribution is -0.139. The first-order valence-corrected chi connectivity index (χ1v) is 7.03. The zero-order valence-electron chi connectivity index (χ0n) is 11.9. The second-order valence-corrected chi connectivity index (χ2v) is 5.40. The van der Waals surface area contributed by atoms with Crippen LogP contribution >= 0.6 is 0 Å². The van der Waals surface area contributed by atoms with E-state index in [1.807, 2.05) is 11.9 Å². The molecule has 6 heteroatoms. The normalized spacial score (nSPS) is 24.8. The molecule has 0 aromatic rings. The second-order valence-electron chi connectivity index (χ2n) is 5.40. The Balaban J connectivity index is 1.74. The van der Waals surface area contributed by atoms with Crippen LogP contribution in [0.15, 0.2) is 0 Å². The first kappa shape index (κ1) is 14.3. The average Bonchev–Trinajstić information content (AvgIpc) is 2.86. The minimum Gasteiger partial charge on any atom is -0.339 e. The van der Waals surface area contributed by atoms with E-state index >= 15 is 0 Å². The molecule has 0 aromatic carbocycles. The lowest BCUT2D eigenvalue weighted by Crippen LogP contribution is -2.52. The number of hydrogen-bond donors (Lipinski definition) is 1. The van der Waals surface area contributed by atoms with Crippen molar-refractivity contribution in [2.75, 3.05) is 52.9 Å². The standard InChI is InChI=1S/C13H24N4O2/c1-11(18)16-5-7-17(8-6-16)13(19)10-15-4-3-12(9-15)14-2/h12,14H,3-10H2,1-2H3. The molecule has 1 unspecified atom stereocenters. The van der Waals surface area contributed by atoms with Gasteiger partial charge in [-0.3, -0.25) is 14.5 Å². The lowest BCUT2D eigenvalue weighted by Gasteiger charge is -2.35. The van der Waals surface area contributed by atoms with Gasteiger partial charge in [0, 0.05) is 52.2 Å². The van der Waals surface area contributed by atoms with Crippen molar-refractivity contribution >= 4 is 11.8 Å². The minimum absolute atomic E-state index is 0.100. The van der Waals surface area contributed by atoms with Crippen molar-refractivity contribution in [1.82, 2.24) is 20.0 Å². The Labute approximate surface area is 114 Å². The highest BCUT2D eigenvalue weighted by Gasteiger charge is 2.27. The number of piperazine rings is 1. The number of amides is 2. The Morgan fingerprint density at radius 1 is 1.11 bits per heavy atom. The highest BCUT2D eigenvalue weighted by atomic mass is 16.2. The maximum atomic E-state index is 12.2. The van der Waals surface area contributed by atoms with Crippen molar-refractivity contribution in [1.29, 1.82) is 0 Å². The molecule has 6 nitrogen and oxygen atoms in total. The molecule has 2 rings (SSSR count). The summed E-state index contributed by atoms with van der Waals surface area (Å²) in [7, 11) is 1.97. The number of rotatable bonds is 3. The SMILES string of the molecule is CNC1CCN(CC(=O)N2CCN(C(C)=O)CC2)C1. The Kier molecular flexibility index (Phi) is 4.76. The number of carbonyl (C=O) groups is 2. The molecule has 1 atom stereocenters. The molecule has 2 heterocycles. The van der Waals surface area contributed by atoms with E-state index in [1.165, 1.54) is 0 Å². The number of likely N-dealkylation sites (N-methyl/N-ethyl adjacent to an activating group) is 1. The molecule has 2 saturated heterocycles. The molecule has 0 aliphatic carbocycles. The van der Waals surface area contributed by atoms with E-state index in [4.69, 9.17) is 0 Å². The summed E-state index contributed by atoms with van der Waals surface area (Å²) in [5, 5.41) is 3.25. The summed E-state index contributed by atoms with van der Waals surface area (Å²) in [6.45, 7) is 6.71. The highest BCUT2D eigenvalue weighted by Crippen LogP contribution is 2.10. The van der Waals surface area contributed by atoms with Gasteiger partial charge >= 0.3 is 0 Å². The van der Waals surface area contributed by atoms with Gasteiger partial charge in [0.25, 0.3) is 0 Å². The van der Waals surface area contributed by atoms with Gasteiger partial charge in [-0.15, -0.1) is 0 Å². The number of nitrogens with one attached hydrogen (secondary N) is 1. The third-order valence-electron chi connectivity index (χ3n) is 4.12. The zero-order chi connectivity index (χ0) is 13.8. The summed E-state index contributed by atoms with van der Waals surface area (Å²) in [5.74, 6) is 0.295. The smallest absolute Gasteiger partial charge is 0.236 e. The molecule has 1 N–H and O–H groups in total. The predicted octanol–water partition coefficient (Wildman–Crippen LogP) is -1.03. The van der Waals surface area contributed by atoms with Crippen molar-refractivity contribution in [3.05, 3.63) is 0 Å². The summed E-state index contributed by atoms with van der Waals surface area (Å²) in [6, 6.07) is 0.516. The van der Waals surface area contributed by atoms with Crippen molar-refractivity contribution in [3.8, 4) is 0 Å². The molecule has 2 amide bonds. The fourth-order valence-electron chi connectivity index (χ4n) is 2.77. The van der Waals surface area contributed by atoms with E-state index in [9.17, 15) is 9.59 Å². The van der Waals surface area contributed by atoms with Gasteiger partial charge in [0.15, 0.2) is 0 Å². The maximum absolute atomic E-state index is 12.2. The van der Waals surface area contributed by atoms with E-state index < -0.39 is 0 Å². The van der Waals surface area contributed by atoms with Crippen molar-refractivity contribution in [3.63, 3.8) is 0 Å². The van der Waals surface area contributed by atoms with E-state index in [1.54, 1.807) is 11.8 Å². The van der Waals surface area contributed by atoms with Crippen LogP contribution in [0, 0.1) is 0 Å². The van der Waals surface area contributed by atoms with Gasteiger partial charge < -0.3 is 15.1 Å². The summed E-state index contributed by atoms with van der Waals surface area (Å²) in [6.07, 6.45) is 1.11. The van der Waals surface area contributed by atoms with Gasteiger partial charge in [-0.1, -0.05) is 0 Å². The van der Waals surface area contributed by atoms with Crippen LogP contribution in [0.1, 0.15) is 13.3 Å². The number of hydrogen-bond acceptors (Lipinski definition) is 4. The summed E-state index contributed by atoms with van der Waals surface area (Å²) in [4.78, 5) is 29.3. The molecule has 0 saturated carbocycles. The van der Waals surface area contributed by atoms with Gasteiger partial charge in [-0.25, -0.2) is 0 Å². The van der Waals surface area contributed by atoms with Crippen LogP contribution in [0.25, 0.3) is 0 Å². The van der Waals surface area contributed by atoms with Crippen molar-refractivity contribution in [2.45, 2.75) is 19.4 Å². The third kappa shape index (κ3) is 3.67. The van der Waals surface area contributed by atoms with Crippen LogP contribution in [-0.2, 0) is 9.59 Å². The molecule has 2 aliphatic rings. The van der Waals surface area contributed by atoms with E-state index in [-0.39, 0.29) is 11.8 Å². The molecule has 2 aliphatic heterocycles. The summed E-state index contributed by atoms with van der Waals surface area (Å²) >= 11 is 0. The van der Waals surface area contributed by atoms with Crippen LogP contribution in [0.5, 0.6) is 0 Å². The third-order valence-corrected chi connectivity index (χ3v) is 4.12. The molecule has 2 fully saturated rings. The van der Waals surface area contributed by atoms with Gasteiger partial charge in [-0.05, 0) is 13.5 Å². The van der Waals surface area contributed by atoms with Crippen LogP contribution in [0.3, 0.4) is 0 Å².